The third-order valence-corrected chi connectivity index (χ3v) is 2.39. The van der Waals surface area contributed by atoms with E-state index in [1.807, 2.05) is 6.92 Å². The minimum atomic E-state index is -0.625. The Hall–Kier alpha value is -1.56. The molecule has 104 valence electrons. The van der Waals surface area contributed by atoms with E-state index in [9.17, 15) is 9.59 Å². The average molecular weight is 330 g/mol. The normalized spacial score (nSPS) is 10.8. The second-order valence-corrected chi connectivity index (χ2v) is 5.36. The highest BCUT2D eigenvalue weighted by Gasteiger charge is 2.19. The zero-order valence-electron chi connectivity index (χ0n) is 11.2. The van der Waals surface area contributed by atoms with Crippen molar-refractivity contribution in [2.45, 2.75) is 33.3 Å². The smallest absolute Gasteiger partial charge is 0.412 e. The van der Waals surface area contributed by atoms with Crippen molar-refractivity contribution in [3.63, 3.8) is 0 Å². The van der Waals surface area contributed by atoms with Gasteiger partial charge in [0.05, 0.1) is 11.3 Å². The number of halogens is 1. The third-order valence-electron chi connectivity index (χ3n) is 2.10. The quantitative estimate of drug-likeness (QED) is 0.896. The van der Waals surface area contributed by atoms with Crippen LogP contribution in [0.4, 0.5) is 10.5 Å². The molecule has 0 saturated heterocycles. The van der Waals surface area contributed by atoms with Gasteiger partial charge in [0.1, 0.15) is 5.60 Å². The van der Waals surface area contributed by atoms with Crippen LogP contribution >= 0.6 is 16.3 Å². The van der Waals surface area contributed by atoms with Crippen molar-refractivity contribution < 1.29 is 18.2 Å². The zero-order chi connectivity index (χ0) is 14.6. The highest BCUT2D eigenvalue weighted by Crippen LogP contribution is 2.20. The van der Waals surface area contributed by atoms with E-state index in [-0.39, 0.29) is 5.56 Å². The maximum absolute atomic E-state index is 11.7. The van der Waals surface area contributed by atoms with Crippen LogP contribution in [-0.2, 0) is 8.57 Å². The summed E-state index contributed by atoms with van der Waals surface area (Å²) < 4.78 is 9.62. The number of hydrogen-bond donors (Lipinski definition) is 1. The van der Waals surface area contributed by atoms with E-state index in [0.29, 0.717) is 5.69 Å². The Kier molecular flexibility index (Phi) is 4.94. The van der Waals surface area contributed by atoms with Gasteiger partial charge in [0, 0.05) is 0 Å². The minimum Gasteiger partial charge on any atom is -0.444 e. The van der Waals surface area contributed by atoms with Gasteiger partial charge in [-0.2, -0.15) is 0 Å². The number of hydrogen-bond acceptors (Lipinski definition) is 4. The SMILES string of the molecule is Cc1ccc(NC(=O)OC(C)(C)C)c(C(=O)OBr)c1. The summed E-state index contributed by atoms with van der Waals surface area (Å²) >= 11 is 2.63. The van der Waals surface area contributed by atoms with E-state index in [2.05, 4.69) is 25.4 Å². The van der Waals surface area contributed by atoms with E-state index in [4.69, 9.17) is 4.74 Å². The summed E-state index contributed by atoms with van der Waals surface area (Å²) in [5, 5.41) is 2.53. The van der Waals surface area contributed by atoms with Gasteiger partial charge in [-0.25, -0.2) is 9.59 Å². The fourth-order valence-corrected chi connectivity index (χ4v) is 1.57. The molecule has 1 aromatic carbocycles. The second-order valence-electron chi connectivity index (χ2n) is 5.04. The Morgan fingerprint density at radius 3 is 2.42 bits per heavy atom. The van der Waals surface area contributed by atoms with E-state index < -0.39 is 17.7 Å². The lowest BCUT2D eigenvalue weighted by molar-refractivity contribution is 0.0636. The van der Waals surface area contributed by atoms with Gasteiger partial charge in [0.25, 0.3) is 0 Å². The topological polar surface area (TPSA) is 64.6 Å². The number of ether oxygens (including phenoxy) is 1. The molecule has 1 rings (SSSR count). The number of benzene rings is 1. The van der Waals surface area contributed by atoms with Crippen molar-refractivity contribution >= 4 is 34.0 Å². The Bertz CT molecular complexity index is 494. The van der Waals surface area contributed by atoms with Crippen molar-refractivity contribution in [3.05, 3.63) is 29.3 Å². The van der Waals surface area contributed by atoms with Crippen molar-refractivity contribution in [1.82, 2.24) is 0 Å². The predicted molar refractivity (Wildman–Crippen MR) is 75.4 cm³/mol. The van der Waals surface area contributed by atoms with Crippen molar-refractivity contribution in [2.75, 3.05) is 5.32 Å². The molecule has 5 nitrogen and oxygen atoms in total. The number of carbonyl (C=O) groups excluding carboxylic acids is 2. The van der Waals surface area contributed by atoms with Gasteiger partial charge < -0.3 is 8.57 Å². The van der Waals surface area contributed by atoms with Crippen LogP contribution in [0.5, 0.6) is 0 Å². The van der Waals surface area contributed by atoms with Crippen molar-refractivity contribution in [1.29, 1.82) is 0 Å². The molecule has 1 aromatic rings. The summed E-state index contributed by atoms with van der Waals surface area (Å²) in [6, 6.07) is 5.02. The van der Waals surface area contributed by atoms with Crippen LogP contribution in [0.15, 0.2) is 18.2 Å². The molecule has 0 atom stereocenters. The summed E-state index contributed by atoms with van der Waals surface area (Å²) in [6.07, 6.45) is -0.625. The van der Waals surface area contributed by atoms with Gasteiger partial charge in [0.2, 0.25) is 0 Å². The van der Waals surface area contributed by atoms with Crippen LogP contribution in [0.2, 0.25) is 0 Å². The largest absolute Gasteiger partial charge is 0.444 e. The summed E-state index contributed by atoms with van der Waals surface area (Å²) in [4.78, 5) is 23.3. The van der Waals surface area contributed by atoms with Gasteiger partial charge >= 0.3 is 12.1 Å². The summed E-state index contributed by atoms with van der Waals surface area (Å²) in [7, 11) is 0. The monoisotopic (exact) mass is 329 g/mol. The van der Waals surface area contributed by atoms with Gasteiger partial charge in [0.15, 0.2) is 16.3 Å². The molecule has 0 bridgehead atoms. The molecule has 6 heteroatoms. The lowest BCUT2D eigenvalue weighted by Crippen LogP contribution is -2.27. The van der Waals surface area contributed by atoms with E-state index in [0.717, 1.165) is 5.56 Å². The fourth-order valence-electron chi connectivity index (χ4n) is 1.39. The molecule has 0 fully saturated rings. The van der Waals surface area contributed by atoms with E-state index in [1.54, 1.807) is 39.0 Å². The van der Waals surface area contributed by atoms with Gasteiger partial charge in [-0.3, -0.25) is 5.32 Å². The van der Waals surface area contributed by atoms with E-state index in [1.165, 1.54) is 0 Å². The third kappa shape index (κ3) is 4.90. The van der Waals surface area contributed by atoms with Gasteiger partial charge in [-0.05, 0) is 39.8 Å². The van der Waals surface area contributed by atoms with Crippen LogP contribution in [0.1, 0.15) is 36.7 Å². The molecule has 1 N–H and O–H groups in total. The van der Waals surface area contributed by atoms with Gasteiger partial charge in [-0.1, -0.05) is 11.6 Å². The Balaban J connectivity index is 2.95. The number of amides is 1. The summed E-state index contributed by atoms with van der Waals surface area (Å²) in [5.41, 5.74) is 0.861. The first-order chi connectivity index (χ1) is 8.73. The molecule has 1 amide bonds. The molecule has 0 unspecified atom stereocenters. The Morgan fingerprint density at radius 2 is 1.89 bits per heavy atom. The second kappa shape index (κ2) is 6.06. The number of rotatable bonds is 2. The molecule has 0 aliphatic rings. The highest BCUT2D eigenvalue weighted by atomic mass is 79.9. The van der Waals surface area contributed by atoms with E-state index >= 15 is 0 Å². The first-order valence-corrected chi connectivity index (χ1v) is 6.31. The predicted octanol–water partition coefficient (Wildman–Crippen LogP) is 3.81. The number of aryl methyl sites for hydroxylation is 1. The number of nitrogens with one attached hydrogen (secondary N) is 1. The Labute approximate surface area is 120 Å². The lowest BCUT2D eigenvalue weighted by atomic mass is 10.1. The van der Waals surface area contributed by atoms with Crippen LogP contribution in [0, 0.1) is 6.92 Å². The van der Waals surface area contributed by atoms with Crippen LogP contribution < -0.4 is 5.32 Å². The minimum absolute atomic E-state index is 0.253. The van der Waals surface area contributed by atoms with Crippen LogP contribution in [0.3, 0.4) is 0 Å². The lowest BCUT2D eigenvalue weighted by Gasteiger charge is -2.20. The van der Waals surface area contributed by atoms with Crippen LogP contribution in [-0.4, -0.2) is 17.7 Å². The molecule has 0 aliphatic carbocycles. The first kappa shape index (κ1) is 15.5. The molecular weight excluding hydrogens is 314 g/mol. The molecule has 0 saturated carbocycles. The zero-order valence-corrected chi connectivity index (χ0v) is 12.8. The maximum atomic E-state index is 11.7. The molecule has 0 heterocycles. The molecule has 0 aliphatic heterocycles. The standard InChI is InChI=1S/C13H16BrNO4/c1-8-5-6-10(9(7-8)11(16)19-14)15-12(17)18-13(2,3)4/h5-7H,1-4H3,(H,15,17). The van der Waals surface area contributed by atoms with Crippen LogP contribution in [0.25, 0.3) is 0 Å². The number of carbonyl (C=O) groups is 2. The molecule has 19 heavy (non-hydrogen) atoms. The summed E-state index contributed by atoms with van der Waals surface area (Å²) in [5.74, 6) is -0.588. The maximum Gasteiger partial charge on any atom is 0.412 e. The summed E-state index contributed by atoms with van der Waals surface area (Å²) in [6.45, 7) is 7.11. The molecule has 0 radical (unpaired) electrons. The fraction of sp³-hybridized carbons (Fsp3) is 0.385. The highest BCUT2D eigenvalue weighted by molar-refractivity contribution is 9.06. The number of anilines is 1. The van der Waals surface area contributed by atoms with Crippen molar-refractivity contribution in [3.8, 4) is 0 Å². The molecule has 0 spiro atoms. The molecule has 0 aromatic heterocycles. The van der Waals surface area contributed by atoms with Crippen molar-refractivity contribution in [2.24, 2.45) is 0 Å². The Morgan fingerprint density at radius 1 is 1.26 bits per heavy atom. The first-order valence-electron chi connectivity index (χ1n) is 5.66. The van der Waals surface area contributed by atoms with Gasteiger partial charge in [-0.15, -0.1) is 0 Å². The molecular formula is C13H16BrNO4. The average Bonchev–Trinajstić information content (AvgIpc) is 2.28.